The molecule has 0 aliphatic carbocycles. The molecule has 1 aromatic carbocycles. The third-order valence-electron chi connectivity index (χ3n) is 1.63. The van der Waals surface area contributed by atoms with E-state index < -0.39 is 29.4 Å². The number of phenolic OH excluding ortho intramolecular Hbond substituents is 1. The Morgan fingerprint density at radius 3 is 2.22 bits per heavy atom. The van der Waals surface area contributed by atoms with E-state index in [2.05, 4.69) is 9.05 Å². The number of aromatic hydroxyl groups is 1. The molecule has 18 heavy (non-hydrogen) atoms. The summed E-state index contributed by atoms with van der Waals surface area (Å²) < 4.78 is 34.7. The lowest BCUT2D eigenvalue weighted by Gasteiger charge is -2.10. The minimum Gasteiger partial charge on any atom is -0.508 e. The molecule has 0 saturated carbocycles. The molecule has 3 N–H and O–H groups in total. The topological polar surface area (TPSA) is 123 Å². The summed E-state index contributed by atoms with van der Waals surface area (Å²) in [5.74, 6) is 0.245. The predicted octanol–water partition coefficient (Wildman–Crippen LogP) is 1.43. The number of hydrogen-bond donors (Lipinski definition) is 3. The van der Waals surface area contributed by atoms with Crippen LogP contribution in [0.5, 0.6) is 11.5 Å². The second-order valence-corrected chi connectivity index (χ2v) is 4.34. The zero-order valence-electron chi connectivity index (χ0n) is 8.87. The summed E-state index contributed by atoms with van der Waals surface area (Å²) in [5.41, 5.74) is 0. The van der Waals surface area contributed by atoms with Crippen molar-refractivity contribution in [2.45, 2.75) is 6.29 Å². The zero-order chi connectivity index (χ0) is 13.5. The van der Waals surface area contributed by atoms with E-state index in [1.165, 1.54) is 24.3 Å². The lowest BCUT2D eigenvalue weighted by atomic mass is 10.3. The van der Waals surface area contributed by atoms with Gasteiger partial charge in [-0.15, -0.1) is 14.3 Å². The van der Waals surface area contributed by atoms with Crippen LogP contribution in [0.25, 0.3) is 0 Å². The third-order valence-corrected chi connectivity index (χ3v) is 2.42. The highest BCUT2D eigenvalue weighted by atomic mass is 31.1. The van der Waals surface area contributed by atoms with Crippen LogP contribution in [-0.4, -0.2) is 27.8 Å². The molecule has 98 valence electrons. The Hall–Kier alpha value is -1.14. The third kappa shape index (κ3) is 5.97. The van der Waals surface area contributed by atoms with Crippen LogP contribution < -0.4 is 4.74 Å². The zero-order valence-corrected chi connectivity index (χ0v) is 10.7. The second kappa shape index (κ2) is 7.33. The fourth-order valence-electron chi connectivity index (χ4n) is 0.988. The first kappa shape index (κ1) is 14.9. The van der Waals surface area contributed by atoms with Gasteiger partial charge in [0, 0.05) is 9.13 Å². The van der Waals surface area contributed by atoms with E-state index in [9.17, 15) is 9.13 Å². The molecule has 0 heterocycles. The summed E-state index contributed by atoms with van der Waals surface area (Å²) in [6.45, 7) is -0.506. The molecule has 10 heteroatoms. The Balaban J connectivity index is 2.61. The van der Waals surface area contributed by atoms with Crippen molar-refractivity contribution in [3.63, 3.8) is 0 Å². The van der Waals surface area contributed by atoms with Crippen LogP contribution in [0.15, 0.2) is 24.3 Å². The summed E-state index contributed by atoms with van der Waals surface area (Å²) in [5, 5.41) is 9.04. The van der Waals surface area contributed by atoms with Gasteiger partial charge in [-0.3, -0.25) is 0 Å². The largest absolute Gasteiger partial charge is 0.698 e. The molecule has 1 rings (SSSR count). The van der Waals surface area contributed by atoms with Crippen molar-refractivity contribution in [3.8, 4) is 11.5 Å². The Kier molecular flexibility index (Phi) is 6.07. The lowest BCUT2D eigenvalue weighted by Crippen LogP contribution is -2.23. The highest BCUT2D eigenvalue weighted by Crippen LogP contribution is 2.25. The van der Waals surface area contributed by atoms with Crippen molar-refractivity contribution in [3.05, 3.63) is 24.3 Å². The van der Waals surface area contributed by atoms with Gasteiger partial charge in [0.15, 0.2) is 6.61 Å². The van der Waals surface area contributed by atoms with Crippen LogP contribution in [0.1, 0.15) is 0 Å². The predicted molar refractivity (Wildman–Crippen MR) is 59.2 cm³/mol. The van der Waals surface area contributed by atoms with E-state index in [4.69, 9.17) is 19.6 Å². The SMILES string of the molecule is O=[P+](O)OCC(Oc1ccc(O)cc1)O[P+](=O)O. The molecular formula is C8H10O8P2+2. The maximum atomic E-state index is 10.5. The van der Waals surface area contributed by atoms with E-state index in [1.807, 2.05) is 0 Å². The first-order valence-corrected chi connectivity index (χ1v) is 6.81. The normalized spacial score (nSPS) is 13.9. The monoisotopic (exact) mass is 296 g/mol. The van der Waals surface area contributed by atoms with Crippen LogP contribution in [0.3, 0.4) is 0 Å². The number of benzene rings is 1. The van der Waals surface area contributed by atoms with Gasteiger partial charge >= 0.3 is 16.5 Å². The quantitative estimate of drug-likeness (QED) is 0.510. The summed E-state index contributed by atoms with van der Waals surface area (Å²) in [6.07, 6.45) is -1.32. The van der Waals surface area contributed by atoms with Crippen LogP contribution in [0, 0.1) is 0 Å². The Morgan fingerprint density at radius 1 is 1.11 bits per heavy atom. The Bertz CT molecular complexity index is 420. The molecule has 0 amide bonds. The number of ether oxygens (including phenoxy) is 1. The standard InChI is InChI=1S/C8H8O8P2/c9-6-1-3-7(4-2-6)15-8(16-18(12)13)5-14-17(10)11/h1-4,8H,5H2,(H-2,9,10,11,12,13)/p+2. The van der Waals surface area contributed by atoms with Crippen LogP contribution in [-0.2, 0) is 18.2 Å². The maximum absolute atomic E-state index is 10.5. The maximum Gasteiger partial charge on any atom is 0.698 e. The molecule has 0 aromatic heterocycles. The Labute approximate surface area is 104 Å². The average molecular weight is 296 g/mol. The second-order valence-electron chi connectivity index (χ2n) is 2.92. The van der Waals surface area contributed by atoms with E-state index in [0.29, 0.717) is 0 Å². The van der Waals surface area contributed by atoms with Crippen molar-refractivity contribution in [1.82, 2.24) is 0 Å². The van der Waals surface area contributed by atoms with Crippen LogP contribution in [0.2, 0.25) is 0 Å². The van der Waals surface area contributed by atoms with Crippen molar-refractivity contribution in [2.24, 2.45) is 0 Å². The van der Waals surface area contributed by atoms with Crippen LogP contribution in [0.4, 0.5) is 0 Å². The molecule has 3 atom stereocenters. The molecule has 0 bridgehead atoms. The molecule has 3 unspecified atom stereocenters. The first-order chi connectivity index (χ1) is 8.47. The van der Waals surface area contributed by atoms with Crippen molar-refractivity contribution >= 4 is 16.5 Å². The van der Waals surface area contributed by atoms with Gasteiger partial charge in [-0.05, 0) is 24.3 Å². The van der Waals surface area contributed by atoms with Gasteiger partial charge in [-0.1, -0.05) is 4.52 Å². The van der Waals surface area contributed by atoms with Crippen molar-refractivity contribution in [2.75, 3.05) is 6.61 Å². The molecule has 0 aliphatic rings. The van der Waals surface area contributed by atoms with E-state index in [1.54, 1.807) is 0 Å². The number of phenols is 1. The molecule has 0 spiro atoms. The van der Waals surface area contributed by atoms with Gasteiger partial charge in [-0.25, -0.2) is 0 Å². The molecule has 1 aromatic rings. The van der Waals surface area contributed by atoms with Gasteiger partial charge in [0.05, 0.1) is 0 Å². The lowest BCUT2D eigenvalue weighted by molar-refractivity contribution is -0.0294. The summed E-state index contributed by atoms with van der Waals surface area (Å²) >= 11 is 0. The highest BCUT2D eigenvalue weighted by molar-refractivity contribution is 7.32. The average Bonchev–Trinajstić information content (AvgIpc) is 2.28. The fraction of sp³-hybridized carbons (Fsp3) is 0.250. The summed E-state index contributed by atoms with van der Waals surface area (Å²) in [6, 6.07) is 5.43. The minimum atomic E-state index is -2.95. The molecule has 0 radical (unpaired) electrons. The van der Waals surface area contributed by atoms with Gasteiger partial charge in [0.25, 0.3) is 6.29 Å². The summed E-state index contributed by atoms with van der Waals surface area (Å²) in [7, 11) is -5.82. The van der Waals surface area contributed by atoms with Crippen LogP contribution >= 0.6 is 16.5 Å². The number of hydrogen-bond acceptors (Lipinski definition) is 6. The van der Waals surface area contributed by atoms with Gasteiger partial charge < -0.3 is 9.84 Å². The molecule has 0 fully saturated rings. The van der Waals surface area contributed by atoms with E-state index in [-0.39, 0.29) is 11.5 Å². The van der Waals surface area contributed by atoms with Crippen molar-refractivity contribution < 1.29 is 37.8 Å². The smallest absolute Gasteiger partial charge is 0.508 e. The highest BCUT2D eigenvalue weighted by Gasteiger charge is 2.29. The Morgan fingerprint density at radius 2 is 1.72 bits per heavy atom. The summed E-state index contributed by atoms with van der Waals surface area (Å²) in [4.78, 5) is 17.0. The van der Waals surface area contributed by atoms with E-state index >= 15 is 0 Å². The molecule has 8 nitrogen and oxygen atoms in total. The first-order valence-electron chi connectivity index (χ1n) is 4.55. The van der Waals surface area contributed by atoms with Gasteiger partial charge in [-0.2, -0.15) is 0 Å². The fourth-order valence-corrected chi connectivity index (χ4v) is 1.54. The molecule has 0 saturated heterocycles. The van der Waals surface area contributed by atoms with Gasteiger partial charge in [0.1, 0.15) is 11.5 Å². The van der Waals surface area contributed by atoms with Crippen molar-refractivity contribution in [1.29, 1.82) is 0 Å². The molecular weight excluding hydrogens is 286 g/mol. The number of rotatable bonds is 7. The minimum absolute atomic E-state index is 0.0164. The van der Waals surface area contributed by atoms with Gasteiger partial charge in [0.2, 0.25) is 0 Å². The molecule has 0 aliphatic heterocycles. The van der Waals surface area contributed by atoms with E-state index in [0.717, 1.165) is 0 Å².